The van der Waals surface area contributed by atoms with E-state index in [2.05, 4.69) is 46.9 Å². The van der Waals surface area contributed by atoms with Gasteiger partial charge in [-0.1, -0.05) is 60.2 Å². The maximum atomic E-state index is 12.5. The maximum Gasteiger partial charge on any atom is 0.341 e. The monoisotopic (exact) mass is 476 g/mol. The van der Waals surface area contributed by atoms with E-state index in [1.165, 1.54) is 22.5 Å². The molecule has 0 fully saturated rings. The number of ether oxygens (including phenoxy) is 1. The van der Waals surface area contributed by atoms with Crippen molar-refractivity contribution in [2.75, 3.05) is 17.2 Å². The van der Waals surface area contributed by atoms with Gasteiger partial charge in [0.25, 0.3) is 0 Å². The van der Waals surface area contributed by atoms with Crippen molar-refractivity contribution in [1.29, 1.82) is 0 Å². The average molecular weight is 477 g/mol. The van der Waals surface area contributed by atoms with Crippen LogP contribution in [0.15, 0.2) is 73.1 Å². The number of thiophene rings is 1. The lowest BCUT2D eigenvalue weighted by atomic mass is 10.1. The molecule has 2 heterocycles. The summed E-state index contributed by atoms with van der Waals surface area (Å²) >= 11 is 6.96. The molecule has 0 aliphatic heterocycles. The summed E-state index contributed by atoms with van der Waals surface area (Å²) in [6, 6.07) is 20.1. The summed E-state index contributed by atoms with van der Waals surface area (Å²) in [7, 11) is 0. The minimum atomic E-state index is -0.382. The number of thiocarbonyl (C=S) groups is 1. The number of aromatic nitrogens is 2. The number of hydrogen-bond donors (Lipinski definition) is 2. The van der Waals surface area contributed by atoms with Gasteiger partial charge < -0.3 is 15.4 Å². The zero-order chi connectivity index (χ0) is 23.2. The van der Waals surface area contributed by atoms with E-state index in [9.17, 15) is 4.79 Å². The fraction of sp³-hybridized carbons (Fsp3) is 0.160. The predicted octanol–water partition coefficient (Wildman–Crippen LogP) is 5.95. The quantitative estimate of drug-likeness (QED) is 0.254. The standard InChI is InChI=1S/C25H24N4O2S2/c1-3-31-24(30)21-13-22(19-7-5-4-6-8-19)33-23(21)28-25(32)27-20-14-26-29(16-20)15-18-11-9-17(2)10-12-18/h4-14,16H,3,15H2,1-2H3,(H2,27,28,32). The van der Waals surface area contributed by atoms with Crippen molar-refractivity contribution < 1.29 is 9.53 Å². The van der Waals surface area contributed by atoms with Crippen molar-refractivity contribution in [1.82, 2.24) is 9.78 Å². The molecule has 4 rings (SSSR count). The van der Waals surface area contributed by atoms with Gasteiger partial charge in [-0.25, -0.2) is 4.79 Å². The van der Waals surface area contributed by atoms with Crippen LogP contribution in [0.1, 0.15) is 28.4 Å². The van der Waals surface area contributed by atoms with E-state index in [1.54, 1.807) is 13.1 Å². The molecular weight excluding hydrogens is 452 g/mol. The van der Waals surface area contributed by atoms with E-state index in [1.807, 2.05) is 47.3 Å². The fourth-order valence-electron chi connectivity index (χ4n) is 3.25. The van der Waals surface area contributed by atoms with Crippen molar-refractivity contribution in [3.05, 3.63) is 89.7 Å². The van der Waals surface area contributed by atoms with E-state index in [0.29, 0.717) is 28.8 Å². The summed E-state index contributed by atoms with van der Waals surface area (Å²) in [5.41, 5.74) is 4.64. The summed E-state index contributed by atoms with van der Waals surface area (Å²) < 4.78 is 7.08. The van der Waals surface area contributed by atoms with Crippen molar-refractivity contribution in [2.45, 2.75) is 20.4 Å². The number of benzene rings is 2. The molecule has 33 heavy (non-hydrogen) atoms. The summed E-state index contributed by atoms with van der Waals surface area (Å²) in [5, 5.41) is 11.7. The number of carbonyl (C=O) groups is 1. The zero-order valence-corrected chi connectivity index (χ0v) is 20.0. The highest BCUT2D eigenvalue weighted by Crippen LogP contribution is 2.36. The Morgan fingerprint density at radius 3 is 2.61 bits per heavy atom. The van der Waals surface area contributed by atoms with Crippen LogP contribution in [-0.4, -0.2) is 27.5 Å². The summed E-state index contributed by atoms with van der Waals surface area (Å²) in [6.45, 7) is 4.82. The van der Waals surface area contributed by atoms with Gasteiger partial charge in [-0.3, -0.25) is 4.68 Å². The lowest BCUT2D eigenvalue weighted by Gasteiger charge is -2.09. The minimum Gasteiger partial charge on any atom is -0.462 e. The molecule has 0 saturated carbocycles. The number of hydrogen-bond acceptors (Lipinski definition) is 5. The van der Waals surface area contributed by atoms with Gasteiger partial charge >= 0.3 is 5.97 Å². The van der Waals surface area contributed by atoms with Gasteiger partial charge in [0.15, 0.2) is 5.11 Å². The molecule has 8 heteroatoms. The maximum absolute atomic E-state index is 12.5. The molecule has 0 aliphatic carbocycles. The number of carbonyl (C=O) groups excluding carboxylic acids is 1. The molecular formula is C25H24N4O2S2. The lowest BCUT2D eigenvalue weighted by molar-refractivity contribution is 0.0528. The summed E-state index contributed by atoms with van der Waals surface area (Å²) in [6.07, 6.45) is 3.61. The van der Waals surface area contributed by atoms with Crippen LogP contribution < -0.4 is 10.6 Å². The third-order valence-corrected chi connectivity index (χ3v) is 6.17. The van der Waals surface area contributed by atoms with Crippen molar-refractivity contribution in [3.63, 3.8) is 0 Å². The molecule has 4 aromatic rings. The van der Waals surface area contributed by atoms with Gasteiger partial charge in [-0.05, 0) is 43.3 Å². The van der Waals surface area contributed by atoms with Crippen LogP contribution in [0.5, 0.6) is 0 Å². The number of nitrogens with zero attached hydrogens (tertiary/aromatic N) is 2. The summed E-state index contributed by atoms with van der Waals surface area (Å²) in [5.74, 6) is -0.382. The normalized spacial score (nSPS) is 10.6. The van der Waals surface area contributed by atoms with Crippen LogP contribution in [0.3, 0.4) is 0 Å². The largest absolute Gasteiger partial charge is 0.462 e. The van der Waals surface area contributed by atoms with Gasteiger partial charge in [-0.15, -0.1) is 11.3 Å². The van der Waals surface area contributed by atoms with E-state index in [-0.39, 0.29) is 5.97 Å². The molecule has 0 radical (unpaired) electrons. The third kappa shape index (κ3) is 5.85. The first kappa shape index (κ1) is 22.7. The van der Waals surface area contributed by atoms with Gasteiger partial charge in [0, 0.05) is 11.1 Å². The number of esters is 1. The smallest absolute Gasteiger partial charge is 0.341 e. The Labute approximate surface area is 202 Å². The molecule has 0 bridgehead atoms. The SMILES string of the molecule is CCOC(=O)c1cc(-c2ccccc2)sc1NC(=S)Nc1cnn(Cc2ccc(C)cc2)c1. The fourth-order valence-corrected chi connectivity index (χ4v) is 4.59. The second kappa shape index (κ2) is 10.4. The predicted molar refractivity (Wildman–Crippen MR) is 138 cm³/mol. The van der Waals surface area contributed by atoms with Crippen LogP contribution in [0.25, 0.3) is 10.4 Å². The Kier molecular flexibility index (Phi) is 7.16. The summed E-state index contributed by atoms with van der Waals surface area (Å²) in [4.78, 5) is 13.5. The first-order valence-electron chi connectivity index (χ1n) is 10.5. The average Bonchev–Trinajstić information content (AvgIpc) is 3.43. The lowest BCUT2D eigenvalue weighted by Crippen LogP contribution is -2.19. The first-order valence-corrected chi connectivity index (χ1v) is 11.8. The van der Waals surface area contributed by atoms with Gasteiger partial charge in [0.2, 0.25) is 0 Å². The molecule has 168 valence electrons. The molecule has 2 aromatic carbocycles. The second-order valence-electron chi connectivity index (χ2n) is 7.43. The highest BCUT2D eigenvalue weighted by Gasteiger charge is 2.19. The number of rotatable bonds is 7. The van der Waals surface area contributed by atoms with Gasteiger partial charge in [-0.2, -0.15) is 5.10 Å². The van der Waals surface area contributed by atoms with E-state index >= 15 is 0 Å². The molecule has 0 aliphatic rings. The molecule has 6 nitrogen and oxygen atoms in total. The molecule has 2 N–H and O–H groups in total. The molecule has 0 amide bonds. The topological polar surface area (TPSA) is 68.2 Å². The van der Waals surface area contributed by atoms with Crippen molar-refractivity contribution in [3.8, 4) is 10.4 Å². The van der Waals surface area contributed by atoms with E-state index in [4.69, 9.17) is 17.0 Å². The number of nitrogens with one attached hydrogen (secondary N) is 2. The van der Waals surface area contributed by atoms with E-state index < -0.39 is 0 Å². The van der Waals surface area contributed by atoms with Crippen LogP contribution >= 0.6 is 23.6 Å². The van der Waals surface area contributed by atoms with Crippen LogP contribution in [-0.2, 0) is 11.3 Å². The minimum absolute atomic E-state index is 0.303. The Hall–Kier alpha value is -3.49. The van der Waals surface area contributed by atoms with Gasteiger partial charge in [0.05, 0.1) is 30.6 Å². The van der Waals surface area contributed by atoms with Crippen LogP contribution in [0.2, 0.25) is 0 Å². The molecule has 0 unspecified atom stereocenters. The van der Waals surface area contributed by atoms with Crippen molar-refractivity contribution >= 4 is 45.3 Å². The Balaban J connectivity index is 1.46. The third-order valence-electron chi connectivity index (χ3n) is 4.87. The van der Waals surface area contributed by atoms with Crippen LogP contribution in [0, 0.1) is 6.92 Å². The Bertz CT molecular complexity index is 1250. The second-order valence-corrected chi connectivity index (χ2v) is 8.89. The highest BCUT2D eigenvalue weighted by atomic mass is 32.1. The highest BCUT2D eigenvalue weighted by molar-refractivity contribution is 7.80. The van der Waals surface area contributed by atoms with E-state index in [0.717, 1.165) is 16.1 Å². The number of anilines is 2. The molecule has 2 aromatic heterocycles. The Morgan fingerprint density at radius 2 is 1.88 bits per heavy atom. The molecule has 0 atom stereocenters. The van der Waals surface area contributed by atoms with Crippen molar-refractivity contribution in [2.24, 2.45) is 0 Å². The molecule has 0 saturated heterocycles. The van der Waals surface area contributed by atoms with Crippen LogP contribution in [0.4, 0.5) is 10.7 Å². The zero-order valence-electron chi connectivity index (χ0n) is 18.4. The Morgan fingerprint density at radius 1 is 1.12 bits per heavy atom. The first-order chi connectivity index (χ1) is 16.0. The van der Waals surface area contributed by atoms with Gasteiger partial charge in [0.1, 0.15) is 5.00 Å². The molecule has 0 spiro atoms. The number of aryl methyl sites for hydroxylation is 1.